The smallest absolute Gasteiger partial charge is 0.331 e. The summed E-state index contributed by atoms with van der Waals surface area (Å²) in [6, 6.07) is 0. The fourth-order valence-electron chi connectivity index (χ4n) is 0.861. The van der Waals surface area contributed by atoms with Gasteiger partial charge in [0.2, 0.25) is 0 Å². The molecule has 0 saturated heterocycles. The second kappa shape index (κ2) is 6.56. The van der Waals surface area contributed by atoms with Crippen LogP contribution in [0.25, 0.3) is 0 Å². The summed E-state index contributed by atoms with van der Waals surface area (Å²) < 4.78 is 0.881. The third kappa shape index (κ3) is 9.22. The van der Waals surface area contributed by atoms with Crippen molar-refractivity contribution in [2.45, 2.75) is 13.3 Å². The minimum absolute atomic E-state index is 0.443. The molecule has 0 aliphatic heterocycles. The van der Waals surface area contributed by atoms with Crippen molar-refractivity contribution in [1.82, 2.24) is 0 Å². The number of carbonyl (C=O) groups excluding carboxylic acids is 1. The maximum atomic E-state index is 10.8. The summed E-state index contributed by atoms with van der Waals surface area (Å²) in [4.78, 5) is 20.0. The van der Waals surface area contributed by atoms with E-state index >= 15 is 0 Å². The van der Waals surface area contributed by atoms with E-state index in [-0.39, 0.29) is 0 Å². The second-order valence-electron chi connectivity index (χ2n) is 4.09. The molecule has 0 atom stereocenters. The van der Waals surface area contributed by atoms with Crippen molar-refractivity contribution in [2.75, 3.05) is 34.3 Å². The predicted molar refractivity (Wildman–Crippen MR) is 54.4 cm³/mol. The van der Waals surface area contributed by atoms with Crippen molar-refractivity contribution < 1.29 is 19.1 Å². The van der Waals surface area contributed by atoms with Crippen LogP contribution < -0.4 is 0 Å². The van der Waals surface area contributed by atoms with Gasteiger partial charge in [-0.3, -0.25) is 4.89 Å². The summed E-state index contributed by atoms with van der Waals surface area (Å²) in [5, 5.41) is 0. The number of allylic oxidation sites excluding steroid dienone is 1. The van der Waals surface area contributed by atoms with Crippen LogP contribution in [0.4, 0.5) is 0 Å². The molecule has 14 heavy (non-hydrogen) atoms. The predicted octanol–water partition coefficient (Wildman–Crippen LogP) is 1.13. The molecule has 0 aromatic carbocycles. The largest absolute Gasteiger partial charge is 0.365 e. The molecule has 0 aliphatic carbocycles. The molecule has 0 fully saturated rings. The highest BCUT2D eigenvalue weighted by Crippen LogP contribution is 1.94. The number of nitrogens with zero attached hydrogens (tertiary/aromatic N) is 1. The van der Waals surface area contributed by atoms with E-state index in [1.54, 1.807) is 13.0 Å². The highest BCUT2D eigenvalue weighted by atomic mass is 17.2. The minimum atomic E-state index is -0.460. The Balaban J connectivity index is 3.35. The van der Waals surface area contributed by atoms with Gasteiger partial charge >= 0.3 is 5.97 Å². The first kappa shape index (κ1) is 13.1. The third-order valence-electron chi connectivity index (χ3n) is 1.50. The molecule has 0 aromatic heterocycles. The second-order valence-corrected chi connectivity index (χ2v) is 4.09. The van der Waals surface area contributed by atoms with Crippen molar-refractivity contribution in [3.8, 4) is 0 Å². The lowest BCUT2D eigenvalue weighted by atomic mass is 10.4. The molecule has 0 unspecified atom stereocenters. The van der Waals surface area contributed by atoms with Gasteiger partial charge in [-0.1, -0.05) is 6.08 Å². The van der Waals surface area contributed by atoms with Crippen molar-refractivity contribution in [3.63, 3.8) is 0 Å². The SMILES string of the molecule is CC=CC(=O)OOCCC[N+](C)(C)C. The van der Waals surface area contributed by atoms with Gasteiger partial charge in [-0.15, -0.1) is 0 Å². The van der Waals surface area contributed by atoms with Crippen LogP contribution in [0, 0.1) is 0 Å². The highest BCUT2D eigenvalue weighted by molar-refractivity contribution is 5.81. The molecule has 0 rings (SSSR count). The molecule has 0 spiro atoms. The van der Waals surface area contributed by atoms with E-state index < -0.39 is 5.97 Å². The number of quaternary nitrogens is 1. The van der Waals surface area contributed by atoms with E-state index in [0.29, 0.717) is 6.61 Å². The van der Waals surface area contributed by atoms with Gasteiger partial charge in [0.05, 0.1) is 34.3 Å². The zero-order valence-electron chi connectivity index (χ0n) is 9.45. The van der Waals surface area contributed by atoms with Gasteiger partial charge in [-0.2, -0.15) is 4.89 Å². The van der Waals surface area contributed by atoms with Gasteiger partial charge in [0.15, 0.2) is 0 Å². The summed E-state index contributed by atoms with van der Waals surface area (Å²) in [5.74, 6) is -0.460. The Bertz CT molecular complexity index is 194. The zero-order valence-corrected chi connectivity index (χ0v) is 9.45. The van der Waals surface area contributed by atoms with E-state index in [1.165, 1.54) is 6.08 Å². The van der Waals surface area contributed by atoms with Crippen molar-refractivity contribution in [2.24, 2.45) is 0 Å². The fraction of sp³-hybridized carbons (Fsp3) is 0.700. The molecule has 0 saturated carbocycles. The molecule has 0 amide bonds. The monoisotopic (exact) mass is 202 g/mol. The maximum Gasteiger partial charge on any atom is 0.365 e. The summed E-state index contributed by atoms with van der Waals surface area (Å²) >= 11 is 0. The van der Waals surface area contributed by atoms with E-state index in [4.69, 9.17) is 4.89 Å². The van der Waals surface area contributed by atoms with Gasteiger partial charge in [-0.05, 0) is 6.92 Å². The summed E-state index contributed by atoms with van der Waals surface area (Å²) in [7, 11) is 6.31. The number of hydrogen-bond donors (Lipinski definition) is 0. The van der Waals surface area contributed by atoms with Gasteiger partial charge in [0, 0.05) is 12.5 Å². The Morgan fingerprint density at radius 3 is 2.50 bits per heavy atom. The molecule has 0 N–H and O–H groups in total. The quantitative estimate of drug-likeness (QED) is 0.213. The van der Waals surface area contributed by atoms with Crippen molar-refractivity contribution >= 4 is 5.97 Å². The Morgan fingerprint density at radius 1 is 1.36 bits per heavy atom. The Hall–Kier alpha value is -0.870. The first-order valence-corrected chi connectivity index (χ1v) is 4.72. The van der Waals surface area contributed by atoms with Crippen LogP contribution in [0.2, 0.25) is 0 Å². The molecular weight excluding hydrogens is 182 g/mol. The van der Waals surface area contributed by atoms with Gasteiger partial charge in [-0.25, -0.2) is 4.79 Å². The maximum absolute atomic E-state index is 10.8. The fourth-order valence-corrected chi connectivity index (χ4v) is 0.861. The molecule has 0 radical (unpaired) electrons. The molecule has 4 nitrogen and oxygen atoms in total. The Kier molecular flexibility index (Phi) is 6.16. The highest BCUT2D eigenvalue weighted by Gasteiger charge is 2.06. The topological polar surface area (TPSA) is 35.5 Å². The number of carbonyl (C=O) groups is 1. The van der Waals surface area contributed by atoms with Crippen LogP contribution in [0.15, 0.2) is 12.2 Å². The van der Waals surface area contributed by atoms with E-state index in [9.17, 15) is 4.79 Å². The van der Waals surface area contributed by atoms with E-state index in [0.717, 1.165) is 17.4 Å². The third-order valence-corrected chi connectivity index (χ3v) is 1.50. The van der Waals surface area contributed by atoms with Crippen LogP contribution in [0.5, 0.6) is 0 Å². The van der Waals surface area contributed by atoms with Crippen molar-refractivity contribution in [3.05, 3.63) is 12.2 Å². The normalized spacial score (nSPS) is 12.0. The van der Waals surface area contributed by atoms with Gasteiger partial charge in [0.1, 0.15) is 0 Å². The first-order valence-electron chi connectivity index (χ1n) is 4.72. The molecule has 4 heteroatoms. The van der Waals surface area contributed by atoms with Crippen molar-refractivity contribution in [1.29, 1.82) is 0 Å². The number of rotatable bonds is 6. The Morgan fingerprint density at radius 2 is 2.00 bits per heavy atom. The van der Waals surface area contributed by atoms with E-state index in [1.807, 2.05) is 0 Å². The molecule has 0 aliphatic rings. The number of hydrogen-bond acceptors (Lipinski definition) is 3. The lowest BCUT2D eigenvalue weighted by Crippen LogP contribution is -2.35. The standard InChI is InChI=1S/C10H20NO3/c1-5-7-10(12)14-13-9-6-8-11(2,3)4/h5,7H,6,8-9H2,1-4H3/q+1. The average molecular weight is 202 g/mol. The Labute approximate surface area is 85.6 Å². The van der Waals surface area contributed by atoms with Gasteiger partial charge in [0.25, 0.3) is 0 Å². The average Bonchev–Trinajstić information content (AvgIpc) is 2.02. The molecule has 0 aromatic rings. The molecule has 0 bridgehead atoms. The molecular formula is C10H20NO3+. The summed E-state index contributed by atoms with van der Waals surface area (Å²) in [5.41, 5.74) is 0. The summed E-state index contributed by atoms with van der Waals surface area (Å²) in [6.07, 6.45) is 3.80. The minimum Gasteiger partial charge on any atom is -0.331 e. The lowest BCUT2D eigenvalue weighted by molar-refractivity contribution is -0.870. The van der Waals surface area contributed by atoms with E-state index in [2.05, 4.69) is 26.0 Å². The molecule has 0 heterocycles. The van der Waals surface area contributed by atoms with Gasteiger partial charge < -0.3 is 4.48 Å². The lowest BCUT2D eigenvalue weighted by Gasteiger charge is -2.23. The van der Waals surface area contributed by atoms with Crippen LogP contribution >= 0.6 is 0 Å². The first-order chi connectivity index (χ1) is 6.45. The van der Waals surface area contributed by atoms with Crippen LogP contribution in [-0.2, 0) is 14.6 Å². The molecule has 82 valence electrons. The van der Waals surface area contributed by atoms with Crippen LogP contribution in [0.1, 0.15) is 13.3 Å². The van der Waals surface area contributed by atoms with Crippen LogP contribution in [-0.4, -0.2) is 44.7 Å². The summed E-state index contributed by atoms with van der Waals surface area (Å²) in [6.45, 7) is 3.18. The van der Waals surface area contributed by atoms with Crippen LogP contribution in [0.3, 0.4) is 0 Å². The zero-order chi connectivity index (χ0) is 11.0.